The van der Waals surface area contributed by atoms with Gasteiger partial charge in [0.2, 0.25) is 0 Å². The largest absolute Gasteiger partial charge is 0.380 e. The van der Waals surface area contributed by atoms with Gasteiger partial charge >= 0.3 is 0 Å². The molecule has 24 heavy (non-hydrogen) atoms. The molecule has 6 heteroatoms. The van der Waals surface area contributed by atoms with Gasteiger partial charge in [0.25, 0.3) is 5.91 Å². The minimum absolute atomic E-state index is 0.144. The monoisotopic (exact) mass is 345 g/mol. The van der Waals surface area contributed by atoms with Crippen molar-refractivity contribution < 1.29 is 9.90 Å². The van der Waals surface area contributed by atoms with Gasteiger partial charge in [-0.25, -0.2) is 4.98 Å². The maximum atomic E-state index is 12.4. The van der Waals surface area contributed by atoms with Crippen LogP contribution in [0.1, 0.15) is 37.2 Å². The molecule has 0 spiro atoms. The highest BCUT2D eigenvalue weighted by Crippen LogP contribution is 2.28. The Balaban J connectivity index is 1.68. The first-order chi connectivity index (χ1) is 11.5. The quantitative estimate of drug-likeness (QED) is 0.894. The Hall–Kier alpha value is -1.79. The highest BCUT2D eigenvalue weighted by atomic mass is 32.2. The van der Waals surface area contributed by atoms with Crippen molar-refractivity contribution in [1.29, 1.82) is 0 Å². The van der Waals surface area contributed by atoms with Crippen LogP contribution in [0.3, 0.4) is 0 Å². The molecule has 1 aromatic carbocycles. The van der Waals surface area contributed by atoms with Crippen molar-refractivity contribution >= 4 is 17.7 Å². The summed E-state index contributed by atoms with van der Waals surface area (Å²) >= 11 is 1.78. The number of amides is 1. The van der Waals surface area contributed by atoms with Gasteiger partial charge < -0.3 is 15.0 Å². The molecule has 128 valence electrons. The summed E-state index contributed by atoms with van der Waals surface area (Å²) in [5.74, 6) is 2.33. The first-order valence-corrected chi connectivity index (χ1v) is 9.36. The van der Waals surface area contributed by atoms with Gasteiger partial charge in [-0.05, 0) is 55.9 Å². The molecule has 1 aromatic heterocycles. The number of benzene rings is 1. The van der Waals surface area contributed by atoms with Crippen molar-refractivity contribution in [2.45, 2.75) is 38.3 Å². The average Bonchev–Trinajstić information content (AvgIpc) is 3.01. The molecular weight excluding hydrogens is 322 g/mol. The lowest BCUT2D eigenvalue weighted by Crippen LogP contribution is -2.49. The zero-order valence-corrected chi connectivity index (χ0v) is 14.8. The van der Waals surface area contributed by atoms with Crippen molar-refractivity contribution in [3.05, 3.63) is 48.0 Å². The lowest BCUT2D eigenvalue weighted by atomic mass is 9.95. The molecule has 2 aromatic rings. The van der Waals surface area contributed by atoms with Crippen LogP contribution in [0.25, 0.3) is 5.69 Å². The second-order valence-corrected chi connectivity index (χ2v) is 7.50. The summed E-state index contributed by atoms with van der Waals surface area (Å²) in [6.07, 6.45) is 4.74. The minimum Gasteiger partial charge on any atom is -0.380 e. The summed E-state index contributed by atoms with van der Waals surface area (Å²) in [5.41, 5.74) is 0.835. The number of imidazole rings is 1. The van der Waals surface area contributed by atoms with E-state index in [-0.39, 0.29) is 11.9 Å². The number of rotatable bonds is 4. The third kappa shape index (κ3) is 3.49. The molecular formula is C18H23N3O2S. The van der Waals surface area contributed by atoms with Crippen LogP contribution in [0.4, 0.5) is 0 Å². The lowest BCUT2D eigenvalue weighted by molar-refractivity contribution is -0.141. The smallest absolute Gasteiger partial charge is 0.252 e. The molecule has 1 fully saturated rings. The molecule has 1 unspecified atom stereocenters. The Bertz CT molecular complexity index is 705. The Morgan fingerprint density at radius 2 is 2.00 bits per heavy atom. The predicted octanol–water partition coefficient (Wildman–Crippen LogP) is 2.62. The number of carbonyl (C=O) groups is 1. The van der Waals surface area contributed by atoms with Gasteiger partial charge in [0.15, 0.2) is 0 Å². The maximum absolute atomic E-state index is 12.4. The zero-order valence-electron chi connectivity index (χ0n) is 14.0. The van der Waals surface area contributed by atoms with Crippen LogP contribution in [-0.2, 0) is 4.79 Å². The van der Waals surface area contributed by atoms with Crippen LogP contribution in [0, 0.1) is 6.92 Å². The number of thioether (sulfide) groups is 1. The summed E-state index contributed by atoms with van der Waals surface area (Å²) in [7, 11) is 0. The Morgan fingerprint density at radius 3 is 2.58 bits per heavy atom. The Kier molecular flexibility index (Phi) is 4.96. The van der Waals surface area contributed by atoms with Gasteiger partial charge in [0, 0.05) is 18.1 Å². The van der Waals surface area contributed by atoms with Crippen LogP contribution in [0.5, 0.6) is 0 Å². The van der Waals surface area contributed by atoms with E-state index >= 15 is 0 Å². The predicted molar refractivity (Wildman–Crippen MR) is 96.4 cm³/mol. The molecule has 0 radical (unpaired) electrons. The molecule has 1 saturated heterocycles. The average molecular weight is 345 g/mol. The number of hydrogen-bond acceptors (Lipinski definition) is 4. The number of carbonyl (C=O) groups excluding carboxylic acids is 1. The summed E-state index contributed by atoms with van der Waals surface area (Å²) in [4.78, 5) is 16.6. The summed E-state index contributed by atoms with van der Waals surface area (Å²) in [6.45, 7) is 3.90. The number of aromatic nitrogens is 2. The zero-order chi connectivity index (χ0) is 17.2. The highest BCUT2D eigenvalue weighted by molar-refractivity contribution is 7.99. The maximum Gasteiger partial charge on any atom is 0.252 e. The van der Waals surface area contributed by atoms with Gasteiger partial charge in [-0.3, -0.25) is 4.79 Å². The molecule has 1 aliphatic heterocycles. The second kappa shape index (κ2) is 6.99. The molecule has 0 bridgehead atoms. The van der Waals surface area contributed by atoms with E-state index in [4.69, 9.17) is 0 Å². The number of hydrogen-bond donors (Lipinski definition) is 2. The highest BCUT2D eigenvalue weighted by Gasteiger charge is 2.37. The van der Waals surface area contributed by atoms with Crippen LogP contribution < -0.4 is 5.32 Å². The molecule has 0 aliphatic carbocycles. The molecule has 5 nitrogen and oxygen atoms in total. The molecule has 3 rings (SSSR count). The van der Waals surface area contributed by atoms with E-state index in [9.17, 15) is 9.90 Å². The van der Waals surface area contributed by atoms with Crippen LogP contribution in [0.2, 0.25) is 0 Å². The van der Waals surface area contributed by atoms with Crippen molar-refractivity contribution in [2.75, 3.05) is 11.5 Å². The van der Waals surface area contributed by atoms with Crippen molar-refractivity contribution in [2.24, 2.45) is 0 Å². The summed E-state index contributed by atoms with van der Waals surface area (Å²) < 4.78 is 2.01. The number of nitrogens with zero attached hydrogens (tertiary/aromatic N) is 2. The topological polar surface area (TPSA) is 67.2 Å². The molecule has 2 N–H and O–H groups in total. The number of aliphatic hydroxyl groups is 1. The molecule has 2 heterocycles. The second-order valence-electron chi connectivity index (χ2n) is 6.28. The molecule has 1 aliphatic rings. The van der Waals surface area contributed by atoms with Crippen LogP contribution in [-0.4, -0.2) is 37.7 Å². The Labute approximate surface area is 146 Å². The van der Waals surface area contributed by atoms with Gasteiger partial charge in [-0.15, -0.1) is 0 Å². The Morgan fingerprint density at radius 1 is 1.33 bits per heavy atom. The van der Waals surface area contributed by atoms with E-state index in [1.165, 1.54) is 0 Å². The summed E-state index contributed by atoms with van der Waals surface area (Å²) in [6, 6.07) is 7.88. The van der Waals surface area contributed by atoms with Crippen molar-refractivity contribution in [3.8, 4) is 5.69 Å². The van der Waals surface area contributed by atoms with Crippen molar-refractivity contribution in [3.63, 3.8) is 0 Å². The number of aryl methyl sites for hydroxylation is 1. The molecule has 1 atom stereocenters. The van der Waals surface area contributed by atoms with Crippen molar-refractivity contribution in [1.82, 2.24) is 14.9 Å². The normalized spacial score (nSPS) is 18.1. The lowest BCUT2D eigenvalue weighted by Gasteiger charge is -2.31. The van der Waals surface area contributed by atoms with Crippen LogP contribution in [0.15, 0.2) is 36.7 Å². The van der Waals surface area contributed by atoms with Crippen LogP contribution >= 0.6 is 11.8 Å². The third-order valence-electron chi connectivity index (χ3n) is 4.59. The van der Waals surface area contributed by atoms with Gasteiger partial charge in [-0.1, -0.05) is 12.1 Å². The fourth-order valence-electron chi connectivity index (χ4n) is 2.92. The fraction of sp³-hybridized carbons (Fsp3) is 0.444. The van der Waals surface area contributed by atoms with E-state index in [0.29, 0.717) is 12.8 Å². The summed E-state index contributed by atoms with van der Waals surface area (Å²) in [5, 5.41) is 13.5. The first kappa shape index (κ1) is 17.0. The molecule has 1 amide bonds. The third-order valence-corrected chi connectivity index (χ3v) is 5.57. The van der Waals surface area contributed by atoms with E-state index in [1.807, 2.05) is 48.9 Å². The van der Waals surface area contributed by atoms with E-state index in [0.717, 1.165) is 28.6 Å². The SMILES string of the molecule is Cc1nccn1-c1ccc(C(C)NC(=O)C2(O)CCSCC2)cc1. The van der Waals surface area contributed by atoms with Gasteiger partial charge in [0.05, 0.1) is 6.04 Å². The fourth-order valence-corrected chi connectivity index (χ4v) is 4.09. The van der Waals surface area contributed by atoms with E-state index in [2.05, 4.69) is 10.3 Å². The number of nitrogens with one attached hydrogen (secondary N) is 1. The first-order valence-electron chi connectivity index (χ1n) is 8.21. The van der Waals surface area contributed by atoms with Gasteiger partial charge in [0.1, 0.15) is 11.4 Å². The minimum atomic E-state index is -1.21. The van der Waals surface area contributed by atoms with E-state index in [1.54, 1.807) is 18.0 Å². The molecule has 0 saturated carbocycles. The standard InChI is InChI=1S/C18H23N3O2S/c1-13(20-17(22)18(23)7-11-24-12-8-18)15-3-5-16(6-4-15)21-10-9-19-14(21)2/h3-6,9-10,13,23H,7-8,11-12H2,1-2H3,(H,20,22). The van der Waals surface area contributed by atoms with E-state index < -0.39 is 5.60 Å². The van der Waals surface area contributed by atoms with Gasteiger partial charge in [-0.2, -0.15) is 11.8 Å².